The third kappa shape index (κ3) is 3.49. The zero-order valence-corrected chi connectivity index (χ0v) is 12.0. The van der Waals surface area contributed by atoms with Crippen LogP contribution in [0, 0.1) is 0 Å². The molecule has 3 heteroatoms. The van der Waals surface area contributed by atoms with Crippen LogP contribution in [-0.4, -0.2) is 20.1 Å². The van der Waals surface area contributed by atoms with E-state index in [0.717, 1.165) is 19.6 Å². The van der Waals surface area contributed by atoms with Crippen molar-refractivity contribution in [2.24, 2.45) is 0 Å². The molecule has 0 saturated carbocycles. The van der Waals surface area contributed by atoms with Crippen molar-refractivity contribution < 1.29 is 0 Å². The Morgan fingerprint density at radius 2 is 2.06 bits per heavy atom. The van der Waals surface area contributed by atoms with Gasteiger partial charge in [-0.2, -0.15) is 0 Å². The highest BCUT2D eigenvalue weighted by molar-refractivity contribution is 9.10. The molecule has 0 aliphatic heterocycles. The molecular weight excluding hydrogens is 264 g/mol. The van der Waals surface area contributed by atoms with Crippen LogP contribution in [0.5, 0.6) is 0 Å². The molecule has 1 rings (SSSR count). The van der Waals surface area contributed by atoms with Gasteiger partial charge in [-0.15, -0.1) is 0 Å². The van der Waals surface area contributed by atoms with Crippen LogP contribution in [-0.2, 0) is 6.54 Å². The van der Waals surface area contributed by atoms with E-state index in [1.54, 1.807) is 0 Å². The molecule has 0 heterocycles. The summed E-state index contributed by atoms with van der Waals surface area (Å²) in [5, 5.41) is 3.17. The Balaban J connectivity index is 2.85. The molecule has 0 spiro atoms. The van der Waals surface area contributed by atoms with Crippen LogP contribution in [0.2, 0.25) is 0 Å². The summed E-state index contributed by atoms with van der Waals surface area (Å²) < 4.78 is 1.19. The van der Waals surface area contributed by atoms with Gasteiger partial charge in [-0.1, -0.05) is 28.9 Å². The lowest BCUT2D eigenvalue weighted by Crippen LogP contribution is -2.23. The van der Waals surface area contributed by atoms with E-state index in [2.05, 4.69) is 58.2 Å². The van der Waals surface area contributed by atoms with Gasteiger partial charge in [0.1, 0.15) is 0 Å². The quantitative estimate of drug-likeness (QED) is 0.861. The van der Waals surface area contributed by atoms with Crippen molar-refractivity contribution in [3.63, 3.8) is 0 Å². The van der Waals surface area contributed by atoms with Crippen molar-refractivity contribution in [3.05, 3.63) is 28.2 Å². The number of hydrogen-bond donors (Lipinski definition) is 1. The molecule has 90 valence electrons. The van der Waals surface area contributed by atoms with Gasteiger partial charge in [-0.05, 0) is 38.1 Å². The maximum atomic E-state index is 3.63. The number of halogens is 1. The van der Waals surface area contributed by atoms with Crippen LogP contribution < -0.4 is 10.2 Å². The largest absolute Gasteiger partial charge is 0.372 e. The van der Waals surface area contributed by atoms with Gasteiger partial charge >= 0.3 is 0 Å². The van der Waals surface area contributed by atoms with Crippen molar-refractivity contribution in [1.82, 2.24) is 5.32 Å². The molecule has 2 nitrogen and oxygen atoms in total. The minimum Gasteiger partial charge on any atom is -0.372 e. The van der Waals surface area contributed by atoms with E-state index in [-0.39, 0.29) is 0 Å². The summed E-state index contributed by atoms with van der Waals surface area (Å²) in [6, 6.07) is 6.61. The first-order valence-corrected chi connectivity index (χ1v) is 6.70. The summed E-state index contributed by atoms with van der Waals surface area (Å²) in [5.74, 6) is 0. The minimum atomic E-state index is 0.904. The lowest BCUT2D eigenvalue weighted by molar-refractivity contribution is 0.787. The fourth-order valence-corrected chi connectivity index (χ4v) is 2.31. The summed E-state index contributed by atoms with van der Waals surface area (Å²) in [6.45, 7) is 7.50. The zero-order chi connectivity index (χ0) is 12.0. The van der Waals surface area contributed by atoms with Crippen LogP contribution in [0.15, 0.2) is 22.7 Å². The molecule has 0 saturated heterocycles. The fraction of sp³-hybridized carbons (Fsp3) is 0.538. The predicted molar refractivity (Wildman–Crippen MR) is 75.1 cm³/mol. The van der Waals surface area contributed by atoms with Gasteiger partial charge in [0.2, 0.25) is 0 Å². The molecule has 1 aromatic carbocycles. The average molecular weight is 285 g/mol. The smallest absolute Gasteiger partial charge is 0.0377 e. The van der Waals surface area contributed by atoms with Crippen LogP contribution in [0.3, 0.4) is 0 Å². The topological polar surface area (TPSA) is 15.3 Å². The Morgan fingerprint density at radius 3 is 2.56 bits per heavy atom. The summed E-state index contributed by atoms with van der Waals surface area (Å²) in [6.07, 6.45) is 1.18. The van der Waals surface area contributed by atoms with Gasteiger partial charge in [0.15, 0.2) is 0 Å². The van der Waals surface area contributed by atoms with Gasteiger partial charge in [0, 0.05) is 29.8 Å². The van der Waals surface area contributed by atoms with Gasteiger partial charge in [0.05, 0.1) is 0 Å². The molecule has 0 amide bonds. The summed E-state index contributed by atoms with van der Waals surface area (Å²) >= 11 is 3.63. The van der Waals surface area contributed by atoms with Crippen molar-refractivity contribution in [2.45, 2.75) is 26.8 Å². The number of nitrogens with one attached hydrogen (secondary N) is 1. The van der Waals surface area contributed by atoms with E-state index < -0.39 is 0 Å². The molecule has 1 N–H and O–H groups in total. The number of rotatable bonds is 6. The summed E-state index contributed by atoms with van der Waals surface area (Å²) in [7, 11) is 1.97. The van der Waals surface area contributed by atoms with E-state index in [0.29, 0.717) is 0 Å². The Bertz CT molecular complexity index is 326. The third-order valence-corrected chi connectivity index (χ3v) is 3.38. The van der Waals surface area contributed by atoms with Crippen molar-refractivity contribution in [1.29, 1.82) is 0 Å². The van der Waals surface area contributed by atoms with Gasteiger partial charge in [0.25, 0.3) is 0 Å². The molecule has 0 fully saturated rings. The highest BCUT2D eigenvalue weighted by atomic mass is 79.9. The molecule has 0 radical (unpaired) electrons. The van der Waals surface area contributed by atoms with Gasteiger partial charge in [-0.3, -0.25) is 0 Å². The molecule has 0 atom stereocenters. The Morgan fingerprint density at radius 1 is 1.31 bits per heavy atom. The Kier molecular flexibility index (Phi) is 5.85. The first-order valence-electron chi connectivity index (χ1n) is 5.90. The molecule has 0 aliphatic rings. The van der Waals surface area contributed by atoms with Gasteiger partial charge in [-0.25, -0.2) is 0 Å². The SMILES string of the molecule is CCCN(CC)c1ccc(CNC)c(Br)c1. The second-order valence-electron chi connectivity index (χ2n) is 3.89. The van der Waals surface area contributed by atoms with Crippen LogP contribution in [0.25, 0.3) is 0 Å². The minimum absolute atomic E-state index is 0.904. The summed E-state index contributed by atoms with van der Waals surface area (Å²) in [4.78, 5) is 2.40. The van der Waals surface area contributed by atoms with Crippen LogP contribution in [0.4, 0.5) is 5.69 Å². The van der Waals surface area contributed by atoms with E-state index in [1.807, 2.05) is 7.05 Å². The number of nitrogens with zero attached hydrogens (tertiary/aromatic N) is 1. The lowest BCUT2D eigenvalue weighted by atomic mass is 10.2. The second kappa shape index (κ2) is 6.92. The van der Waals surface area contributed by atoms with E-state index in [9.17, 15) is 0 Å². The fourth-order valence-electron chi connectivity index (χ4n) is 1.81. The summed E-state index contributed by atoms with van der Waals surface area (Å²) in [5.41, 5.74) is 2.61. The van der Waals surface area contributed by atoms with Crippen molar-refractivity contribution in [3.8, 4) is 0 Å². The molecule has 0 bridgehead atoms. The standard InChI is InChI=1S/C13H21BrN2/c1-4-8-16(5-2)12-7-6-11(10-15-3)13(14)9-12/h6-7,9,15H,4-5,8,10H2,1-3H3. The maximum absolute atomic E-state index is 3.63. The Hall–Kier alpha value is -0.540. The third-order valence-electron chi connectivity index (χ3n) is 2.64. The average Bonchev–Trinajstić information content (AvgIpc) is 2.29. The molecular formula is C13H21BrN2. The first-order chi connectivity index (χ1) is 7.72. The highest BCUT2D eigenvalue weighted by Gasteiger charge is 2.05. The van der Waals surface area contributed by atoms with Crippen LogP contribution in [0.1, 0.15) is 25.8 Å². The molecule has 0 unspecified atom stereocenters. The maximum Gasteiger partial charge on any atom is 0.0377 e. The monoisotopic (exact) mass is 284 g/mol. The second-order valence-corrected chi connectivity index (χ2v) is 4.74. The lowest BCUT2D eigenvalue weighted by Gasteiger charge is -2.23. The highest BCUT2D eigenvalue weighted by Crippen LogP contribution is 2.24. The van der Waals surface area contributed by atoms with E-state index in [1.165, 1.54) is 22.1 Å². The van der Waals surface area contributed by atoms with E-state index >= 15 is 0 Å². The van der Waals surface area contributed by atoms with E-state index in [4.69, 9.17) is 0 Å². The normalized spacial score (nSPS) is 10.5. The van der Waals surface area contributed by atoms with Crippen molar-refractivity contribution in [2.75, 3.05) is 25.0 Å². The molecule has 0 aliphatic carbocycles. The molecule has 1 aromatic rings. The number of hydrogen-bond acceptors (Lipinski definition) is 2. The number of benzene rings is 1. The Labute approximate surface area is 107 Å². The predicted octanol–water partition coefficient (Wildman–Crippen LogP) is 3.40. The first kappa shape index (κ1) is 13.5. The zero-order valence-electron chi connectivity index (χ0n) is 10.4. The van der Waals surface area contributed by atoms with Crippen molar-refractivity contribution >= 4 is 21.6 Å². The van der Waals surface area contributed by atoms with Crippen LogP contribution >= 0.6 is 15.9 Å². The molecule has 0 aromatic heterocycles. The number of anilines is 1. The van der Waals surface area contributed by atoms with Gasteiger partial charge < -0.3 is 10.2 Å². The molecule has 16 heavy (non-hydrogen) atoms.